The van der Waals surface area contributed by atoms with E-state index < -0.39 is 0 Å². The van der Waals surface area contributed by atoms with Gasteiger partial charge in [-0.15, -0.1) is 0 Å². The number of nitrogens with one attached hydrogen (secondary N) is 2. The molecule has 20 heavy (non-hydrogen) atoms. The van der Waals surface area contributed by atoms with Crippen LogP contribution in [-0.4, -0.2) is 38.0 Å². The van der Waals surface area contributed by atoms with E-state index in [0.717, 1.165) is 25.1 Å². The van der Waals surface area contributed by atoms with Gasteiger partial charge < -0.3 is 20.5 Å². The summed E-state index contributed by atoms with van der Waals surface area (Å²) >= 11 is 12.3. The Labute approximate surface area is 130 Å². The standard InChI is InChI=1S/C14H22Cl2N2O2/c1-2-20-14-12(15)8-11(9-13(14)16)10-18-5-3-4-17-6-7-19/h8-9,17-19H,2-7,10H2,1H3. The smallest absolute Gasteiger partial charge is 0.156 e. The van der Waals surface area contributed by atoms with Crippen molar-refractivity contribution in [3.05, 3.63) is 27.7 Å². The summed E-state index contributed by atoms with van der Waals surface area (Å²) in [6.07, 6.45) is 0.999. The zero-order valence-corrected chi connectivity index (χ0v) is 13.2. The fourth-order valence-corrected chi connectivity index (χ4v) is 2.41. The van der Waals surface area contributed by atoms with Crippen LogP contribution in [0.5, 0.6) is 5.75 Å². The van der Waals surface area contributed by atoms with E-state index in [9.17, 15) is 0 Å². The largest absolute Gasteiger partial charge is 0.491 e. The highest BCUT2D eigenvalue weighted by Gasteiger charge is 2.08. The molecule has 0 radical (unpaired) electrons. The van der Waals surface area contributed by atoms with Crippen molar-refractivity contribution in [3.63, 3.8) is 0 Å². The monoisotopic (exact) mass is 320 g/mol. The van der Waals surface area contributed by atoms with Crippen molar-refractivity contribution in [2.24, 2.45) is 0 Å². The minimum atomic E-state index is 0.177. The summed E-state index contributed by atoms with van der Waals surface area (Å²) in [4.78, 5) is 0. The second-order valence-electron chi connectivity index (χ2n) is 4.33. The van der Waals surface area contributed by atoms with Crippen LogP contribution in [0.3, 0.4) is 0 Å². The van der Waals surface area contributed by atoms with Gasteiger partial charge in [-0.3, -0.25) is 0 Å². The molecule has 0 bridgehead atoms. The van der Waals surface area contributed by atoms with Gasteiger partial charge in [0.1, 0.15) is 0 Å². The topological polar surface area (TPSA) is 53.5 Å². The zero-order valence-electron chi connectivity index (χ0n) is 11.7. The van der Waals surface area contributed by atoms with Crippen LogP contribution in [0.4, 0.5) is 0 Å². The molecule has 0 unspecified atom stereocenters. The first-order valence-corrected chi connectivity index (χ1v) is 7.57. The molecule has 0 aliphatic carbocycles. The molecular weight excluding hydrogens is 299 g/mol. The van der Waals surface area contributed by atoms with E-state index in [1.54, 1.807) is 0 Å². The molecule has 3 N–H and O–H groups in total. The number of aliphatic hydroxyl groups excluding tert-OH is 1. The van der Waals surface area contributed by atoms with Gasteiger partial charge in [0, 0.05) is 13.1 Å². The van der Waals surface area contributed by atoms with E-state index in [2.05, 4.69) is 10.6 Å². The highest BCUT2D eigenvalue weighted by atomic mass is 35.5. The molecule has 0 aliphatic heterocycles. The minimum absolute atomic E-state index is 0.177. The summed E-state index contributed by atoms with van der Waals surface area (Å²) in [5, 5.41) is 16.2. The van der Waals surface area contributed by atoms with Gasteiger partial charge in [-0.2, -0.15) is 0 Å². The maximum atomic E-state index is 8.62. The number of rotatable bonds is 10. The molecule has 0 aliphatic rings. The normalized spacial score (nSPS) is 10.8. The molecule has 114 valence electrons. The number of hydrogen-bond acceptors (Lipinski definition) is 4. The minimum Gasteiger partial charge on any atom is -0.491 e. The van der Waals surface area contributed by atoms with Crippen LogP contribution in [0.2, 0.25) is 10.0 Å². The number of benzene rings is 1. The molecule has 0 amide bonds. The third-order valence-corrected chi connectivity index (χ3v) is 3.23. The first-order chi connectivity index (χ1) is 9.69. The summed E-state index contributed by atoms with van der Waals surface area (Å²) in [6, 6.07) is 3.74. The number of aliphatic hydroxyl groups is 1. The number of halogens is 2. The Hall–Kier alpha value is -0.520. The Morgan fingerprint density at radius 2 is 1.75 bits per heavy atom. The van der Waals surface area contributed by atoms with Crippen LogP contribution < -0.4 is 15.4 Å². The second-order valence-corrected chi connectivity index (χ2v) is 5.14. The van der Waals surface area contributed by atoms with Crippen LogP contribution in [0.25, 0.3) is 0 Å². The van der Waals surface area contributed by atoms with Gasteiger partial charge in [-0.1, -0.05) is 23.2 Å². The predicted molar refractivity (Wildman–Crippen MR) is 83.9 cm³/mol. The Bertz CT molecular complexity index is 380. The first-order valence-electron chi connectivity index (χ1n) is 6.82. The quantitative estimate of drug-likeness (QED) is 0.580. The van der Waals surface area contributed by atoms with E-state index in [1.165, 1.54) is 0 Å². The van der Waals surface area contributed by atoms with Gasteiger partial charge in [0.15, 0.2) is 5.75 Å². The highest BCUT2D eigenvalue weighted by Crippen LogP contribution is 2.34. The lowest BCUT2D eigenvalue weighted by Gasteiger charge is -2.11. The Kier molecular flexibility index (Phi) is 8.98. The molecule has 0 saturated heterocycles. The molecule has 0 aromatic heterocycles. The Balaban J connectivity index is 2.34. The molecule has 0 fully saturated rings. The van der Waals surface area contributed by atoms with Gasteiger partial charge in [0.25, 0.3) is 0 Å². The molecule has 0 spiro atoms. The zero-order chi connectivity index (χ0) is 14.8. The van der Waals surface area contributed by atoms with Crippen molar-refractivity contribution < 1.29 is 9.84 Å². The van der Waals surface area contributed by atoms with Gasteiger partial charge in [-0.05, 0) is 44.1 Å². The molecule has 6 heteroatoms. The molecular formula is C14H22Cl2N2O2. The summed E-state index contributed by atoms with van der Waals surface area (Å²) in [5.41, 5.74) is 1.03. The molecule has 4 nitrogen and oxygen atoms in total. The summed E-state index contributed by atoms with van der Waals surface area (Å²) in [5.74, 6) is 0.549. The lowest BCUT2D eigenvalue weighted by molar-refractivity contribution is 0.292. The average molecular weight is 321 g/mol. The van der Waals surface area contributed by atoms with Crippen LogP contribution >= 0.6 is 23.2 Å². The van der Waals surface area contributed by atoms with Gasteiger partial charge >= 0.3 is 0 Å². The van der Waals surface area contributed by atoms with E-state index in [1.807, 2.05) is 19.1 Å². The molecule has 1 aromatic rings. The number of hydrogen-bond donors (Lipinski definition) is 3. The Morgan fingerprint density at radius 3 is 2.35 bits per heavy atom. The first kappa shape index (κ1) is 17.5. The van der Waals surface area contributed by atoms with Gasteiger partial charge in [0.05, 0.1) is 23.3 Å². The highest BCUT2D eigenvalue weighted by molar-refractivity contribution is 6.37. The van der Waals surface area contributed by atoms with E-state index in [4.69, 9.17) is 33.0 Å². The molecule has 1 rings (SSSR count). The Morgan fingerprint density at radius 1 is 1.10 bits per heavy atom. The van der Waals surface area contributed by atoms with E-state index in [-0.39, 0.29) is 6.61 Å². The van der Waals surface area contributed by atoms with Gasteiger partial charge in [-0.25, -0.2) is 0 Å². The molecule has 0 heterocycles. The van der Waals surface area contributed by atoms with Crippen LogP contribution in [-0.2, 0) is 6.54 Å². The third-order valence-electron chi connectivity index (χ3n) is 2.67. The van der Waals surface area contributed by atoms with Crippen LogP contribution in [0.15, 0.2) is 12.1 Å². The molecule has 1 aromatic carbocycles. The average Bonchev–Trinajstić information content (AvgIpc) is 2.42. The van der Waals surface area contributed by atoms with Crippen molar-refractivity contribution in [2.75, 3.05) is 32.8 Å². The molecule has 0 atom stereocenters. The van der Waals surface area contributed by atoms with E-state index in [0.29, 0.717) is 35.5 Å². The van der Waals surface area contributed by atoms with Crippen molar-refractivity contribution >= 4 is 23.2 Å². The number of ether oxygens (including phenoxy) is 1. The molecule has 0 saturated carbocycles. The third kappa shape index (κ3) is 6.29. The maximum absolute atomic E-state index is 8.62. The van der Waals surface area contributed by atoms with Crippen LogP contribution in [0.1, 0.15) is 18.9 Å². The fourth-order valence-electron chi connectivity index (χ4n) is 1.77. The fraction of sp³-hybridized carbons (Fsp3) is 0.571. The maximum Gasteiger partial charge on any atom is 0.156 e. The summed E-state index contributed by atoms with van der Waals surface area (Å²) in [7, 11) is 0. The summed E-state index contributed by atoms with van der Waals surface area (Å²) < 4.78 is 5.39. The van der Waals surface area contributed by atoms with Crippen molar-refractivity contribution in [1.29, 1.82) is 0 Å². The van der Waals surface area contributed by atoms with Crippen molar-refractivity contribution in [2.45, 2.75) is 19.9 Å². The van der Waals surface area contributed by atoms with Crippen LogP contribution in [0, 0.1) is 0 Å². The second kappa shape index (κ2) is 10.2. The lowest BCUT2D eigenvalue weighted by Crippen LogP contribution is -2.23. The van der Waals surface area contributed by atoms with Gasteiger partial charge in [0.2, 0.25) is 0 Å². The lowest BCUT2D eigenvalue weighted by atomic mass is 10.2. The predicted octanol–water partition coefficient (Wildman–Crippen LogP) is 2.45. The van der Waals surface area contributed by atoms with E-state index >= 15 is 0 Å². The van der Waals surface area contributed by atoms with Crippen molar-refractivity contribution in [1.82, 2.24) is 10.6 Å². The van der Waals surface area contributed by atoms with Crippen molar-refractivity contribution in [3.8, 4) is 5.75 Å². The SMILES string of the molecule is CCOc1c(Cl)cc(CNCCCNCCO)cc1Cl. The summed E-state index contributed by atoms with van der Waals surface area (Å²) in [6.45, 7) is 5.75.